The maximum Gasteiger partial charge on any atom is 0.356 e. The lowest BCUT2D eigenvalue weighted by Crippen LogP contribution is -2.48. The van der Waals surface area contributed by atoms with E-state index in [2.05, 4.69) is 50.0 Å². The lowest BCUT2D eigenvalue weighted by Gasteiger charge is -2.35. The van der Waals surface area contributed by atoms with Gasteiger partial charge in [-0.25, -0.2) is 24.4 Å². The van der Waals surface area contributed by atoms with Crippen LogP contribution in [0.4, 0.5) is 39.4 Å². The molecule has 0 saturated carbocycles. The van der Waals surface area contributed by atoms with E-state index in [0.29, 0.717) is 29.2 Å². The molecule has 17 heteroatoms. The van der Waals surface area contributed by atoms with Crippen molar-refractivity contribution in [2.45, 2.75) is 24.9 Å². The molecule has 4 N–H and O–H groups in total. The van der Waals surface area contributed by atoms with Crippen molar-refractivity contribution >= 4 is 52.6 Å². The van der Waals surface area contributed by atoms with Gasteiger partial charge in [-0.05, 0) is 37.1 Å². The van der Waals surface area contributed by atoms with Crippen molar-refractivity contribution < 1.29 is 32.9 Å². The first-order chi connectivity index (χ1) is 22.3. The van der Waals surface area contributed by atoms with Crippen LogP contribution in [0.25, 0.3) is 0 Å². The van der Waals surface area contributed by atoms with Crippen molar-refractivity contribution in [2.75, 3.05) is 71.5 Å². The molecule has 2 saturated heterocycles. The van der Waals surface area contributed by atoms with Gasteiger partial charge in [0, 0.05) is 44.4 Å². The highest BCUT2D eigenvalue weighted by Gasteiger charge is 2.40. The first-order valence-corrected chi connectivity index (χ1v) is 14.5. The van der Waals surface area contributed by atoms with Crippen molar-refractivity contribution in [3.63, 3.8) is 0 Å². The van der Waals surface area contributed by atoms with Crippen LogP contribution in [0.1, 0.15) is 33.8 Å². The van der Waals surface area contributed by atoms with Gasteiger partial charge in [-0.3, -0.25) is 10.2 Å². The molecule has 2 amide bonds. The summed E-state index contributed by atoms with van der Waals surface area (Å²) in [7, 11) is 2.66. The molecule has 240 valence electrons. The molecule has 8 heterocycles. The van der Waals surface area contributed by atoms with Crippen molar-refractivity contribution in [1.29, 1.82) is 0 Å². The van der Waals surface area contributed by atoms with E-state index >= 15 is 0 Å². The topological polar surface area (TPSA) is 207 Å². The molecule has 8 rings (SSSR count). The molecule has 4 bridgehead atoms. The van der Waals surface area contributed by atoms with Crippen molar-refractivity contribution in [3.8, 4) is 0 Å². The molecule has 2 fully saturated rings. The zero-order valence-corrected chi connectivity index (χ0v) is 25.1. The highest BCUT2D eigenvalue weighted by Crippen LogP contribution is 2.39. The van der Waals surface area contributed by atoms with Crippen LogP contribution in [0.15, 0.2) is 58.0 Å². The van der Waals surface area contributed by atoms with Gasteiger partial charge in [-0.15, -0.1) is 0 Å². The third-order valence-electron chi connectivity index (χ3n) is 7.83. The fourth-order valence-electron chi connectivity index (χ4n) is 5.68. The molecule has 0 spiro atoms. The number of methoxy groups -OCH3 is 2. The SMILES string of the molecule is COC(=O)c1ccc2c(n1)N(C(=O)Nc1ccon1)[C@H]1CCN2C1.COC(=O)c1ccc2c(n1)N[C@H]1CCN2C1.Nc1ccon1. The van der Waals surface area contributed by atoms with E-state index in [0.717, 1.165) is 56.2 Å². The van der Waals surface area contributed by atoms with Crippen molar-refractivity contribution in [3.05, 3.63) is 60.3 Å². The summed E-state index contributed by atoms with van der Waals surface area (Å²) in [5, 5.41) is 13.0. The number of pyridine rings is 2. The Morgan fingerprint density at radius 1 is 0.870 bits per heavy atom. The van der Waals surface area contributed by atoms with Crippen LogP contribution in [-0.2, 0) is 9.47 Å². The fourth-order valence-corrected chi connectivity index (χ4v) is 5.68. The van der Waals surface area contributed by atoms with Gasteiger partial charge in [0.25, 0.3) is 0 Å². The number of nitrogens with zero attached hydrogens (tertiary/aromatic N) is 7. The Morgan fingerprint density at radius 3 is 2.20 bits per heavy atom. The van der Waals surface area contributed by atoms with Gasteiger partial charge in [0.2, 0.25) is 0 Å². The maximum absolute atomic E-state index is 12.7. The number of hydrogen-bond donors (Lipinski definition) is 3. The van der Waals surface area contributed by atoms with E-state index in [1.165, 1.54) is 26.7 Å². The summed E-state index contributed by atoms with van der Waals surface area (Å²) in [5.41, 5.74) is 7.51. The second kappa shape index (κ2) is 13.0. The number of aromatic nitrogens is 4. The summed E-state index contributed by atoms with van der Waals surface area (Å²) in [6.07, 6.45) is 4.76. The first kappa shape index (κ1) is 30.2. The maximum atomic E-state index is 12.7. The van der Waals surface area contributed by atoms with Crippen LogP contribution in [0, 0.1) is 0 Å². The lowest BCUT2D eigenvalue weighted by atomic mass is 10.2. The monoisotopic (exact) mass is 632 g/mol. The summed E-state index contributed by atoms with van der Waals surface area (Å²) in [4.78, 5) is 50.5. The second-order valence-corrected chi connectivity index (χ2v) is 10.7. The number of carbonyl (C=O) groups is 3. The largest absolute Gasteiger partial charge is 0.464 e. The smallest absolute Gasteiger partial charge is 0.356 e. The van der Waals surface area contributed by atoms with Gasteiger partial charge in [0.1, 0.15) is 12.5 Å². The Bertz CT molecular complexity index is 1700. The standard InChI is InChI=1S/C15H15N5O4.C11H13N3O2.C3H4N2O/c1-23-14(21)10-2-3-11-13(16-10)20(9-4-6-19(11)8-9)15(22)17-12-5-7-24-18-12;1-16-11(15)8-2-3-9-10(13-8)12-7-4-5-14(9)6-7;4-3-1-2-6-5-3/h2-3,5,7,9H,4,6,8H2,1H3,(H,17,18,22);2-3,7H,4-6H2,1H3,(H,12,13);1-2H,(H2,4,5)/t9-;7-;/m00./s1. The van der Waals surface area contributed by atoms with Crippen LogP contribution >= 0.6 is 0 Å². The van der Waals surface area contributed by atoms with Crippen LogP contribution < -0.4 is 31.1 Å². The Morgan fingerprint density at radius 2 is 1.54 bits per heavy atom. The van der Waals surface area contributed by atoms with Crippen LogP contribution in [0.5, 0.6) is 0 Å². The van der Waals surface area contributed by atoms with Crippen molar-refractivity contribution in [1.82, 2.24) is 20.3 Å². The third-order valence-corrected chi connectivity index (χ3v) is 7.83. The number of esters is 2. The minimum atomic E-state index is -0.539. The third kappa shape index (κ3) is 6.19. The van der Waals surface area contributed by atoms with Crippen LogP contribution in [0.2, 0.25) is 0 Å². The molecule has 17 nitrogen and oxygen atoms in total. The number of carbonyl (C=O) groups excluding carboxylic acids is 3. The van der Waals surface area contributed by atoms with E-state index in [9.17, 15) is 14.4 Å². The summed E-state index contributed by atoms with van der Waals surface area (Å²) < 4.78 is 18.4. The molecule has 4 aromatic heterocycles. The average molecular weight is 633 g/mol. The molecule has 0 unspecified atom stereocenters. The predicted molar refractivity (Wildman–Crippen MR) is 165 cm³/mol. The minimum absolute atomic E-state index is 0.00945. The van der Waals surface area contributed by atoms with Gasteiger partial charge >= 0.3 is 18.0 Å². The first-order valence-electron chi connectivity index (χ1n) is 14.5. The molecule has 0 radical (unpaired) electrons. The van der Waals surface area contributed by atoms with E-state index in [1.54, 1.807) is 35.2 Å². The van der Waals surface area contributed by atoms with Gasteiger partial charge in [0.15, 0.2) is 34.7 Å². The predicted octanol–water partition coefficient (Wildman–Crippen LogP) is 2.62. The quantitative estimate of drug-likeness (QED) is 0.277. The molecular weight excluding hydrogens is 600 g/mol. The fraction of sp³-hybridized carbons (Fsp3) is 0.345. The van der Waals surface area contributed by atoms with Gasteiger partial charge in [-0.2, -0.15) is 0 Å². The number of nitrogens with two attached hydrogens (primary N) is 1. The summed E-state index contributed by atoms with van der Waals surface area (Å²) >= 11 is 0. The minimum Gasteiger partial charge on any atom is -0.464 e. The van der Waals surface area contributed by atoms with E-state index in [-0.39, 0.29) is 17.8 Å². The normalized spacial score (nSPS) is 18.1. The number of fused-ring (bicyclic) bond motifs is 8. The molecule has 4 aliphatic rings. The number of amides is 2. The van der Waals surface area contributed by atoms with E-state index in [4.69, 9.17) is 15.0 Å². The lowest BCUT2D eigenvalue weighted by molar-refractivity contribution is 0.0585. The van der Waals surface area contributed by atoms with Crippen molar-refractivity contribution in [2.24, 2.45) is 0 Å². The number of anilines is 6. The number of nitrogens with one attached hydrogen (secondary N) is 2. The van der Waals surface area contributed by atoms with E-state index < -0.39 is 11.9 Å². The average Bonchev–Trinajstić information content (AvgIpc) is 3.91. The summed E-state index contributed by atoms with van der Waals surface area (Å²) in [6, 6.07) is 10.3. The Balaban J connectivity index is 0.000000144. The number of nitrogen functional groups attached to an aromatic ring is 1. The Kier molecular flexibility index (Phi) is 8.53. The molecule has 0 aliphatic carbocycles. The molecule has 46 heavy (non-hydrogen) atoms. The van der Waals surface area contributed by atoms with Crippen LogP contribution in [0.3, 0.4) is 0 Å². The molecule has 2 atom stereocenters. The van der Waals surface area contributed by atoms with Gasteiger partial charge in [0.05, 0.1) is 31.6 Å². The Hall–Kier alpha value is -5.87. The highest BCUT2D eigenvalue weighted by molar-refractivity contribution is 6.04. The number of ether oxygens (including phenoxy) is 2. The zero-order valence-electron chi connectivity index (χ0n) is 25.1. The Labute approximate surface area is 262 Å². The summed E-state index contributed by atoms with van der Waals surface area (Å²) in [6.45, 7) is 3.67. The number of hydrogen-bond acceptors (Lipinski definition) is 15. The number of rotatable bonds is 3. The van der Waals surface area contributed by atoms with E-state index in [1.807, 2.05) is 6.07 Å². The van der Waals surface area contributed by atoms with Gasteiger partial charge in [-0.1, -0.05) is 10.3 Å². The molecule has 0 aromatic carbocycles. The molecular formula is C29H32N10O7. The van der Waals surface area contributed by atoms with Gasteiger partial charge < -0.3 is 39.4 Å². The molecule has 4 aromatic rings. The highest BCUT2D eigenvalue weighted by atomic mass is 16.5. The zero-order chi connectivity index (χ0) is 32.2. The van der Waals surface area contributed by atoms with Crippen LogP contribution in [-0.4, -0.2) is 90.7 Å². The second-order valence-electron chi connectivity index (χ2n) is 10.7. The number of urea groups is 1. The molecule has 4 aliphatic heterocycles. The summed E-state index contributed by atoms with van der Waals surface area (Å²) in [5.74, 6) is 1.07.